The molecule has 0 fully saturated rings. The molecule has 0 unspecified atom stereocenters. The first-order valence-corrected chi connectivity index (χ1v) is 16.0. The number of rotatable bonds is 2. The average molecular weight is 581 g/mol. The fourth-order valence-electron chi connectivity index (χ4n) is 8.05. The molecule has 0 atom stereocenters. The van der Waals surface area contributed by atoms with E-state index in [4.69, 9.17) is 0 Å². The highest BCUT2D eigenvalue weighted by Gasteiger charge is 2.17. The predicted octanol–water partition coefficient (Wildman–Crippen LogP) is 13.1. The van der Waals surface area contributed by atoms with Crippen molar-refractivity contribution < 1.29 is 0 Å². The van der Waals surface area contributed by atoms with E-state index in [9.17, 15) is 0 Å². The zero-order chi connectivity index (χ0) is 30.2. The summed E-state index contributed by atoms with van der Waals surface area (Å²) in [6.45, 7) is 0. The molecule has 0 nitrogen and oxygen atoms in total. The maximum atomic E-state index is 2.45. The third kappa shape index (κ3) is 3.56. The summed E-state index contributed by atoms with van der Waals surface area (Å²) < 4.78 is 0. The summed E-state index contributed by atoms with van der Waals surface area (Å²) in [5.41, 5.74) is 5.04. The lowest BCUT2D eigenvalue weighted by molar-refractivity contribution is 1.67. The highest BCUT2D eigenvalue weighted by molar-refractivity contribution is 6.39. The Balaban J connectivity index is 1.32. The van der Waals surface area contributed by atoms with Crippen molar-refractivity contribution in [2.24, 2.45) is 0 Å². The molecule has 0 heteroatoms. The predicted molar refractivity (Wildman–Crippen MR) is 200 cm³/mol. The normalized spacial score (nSPS) is 11.9. The summed E-state index contributed by atoms with van der Waals surface area (Å²) in [6, 6.07) is 62.8. The van der Waals surface area contributed by atoms with Gasteiger partial charge in [0.05, 0.1) is 0 Å². The Morgan fingerprint density at radius 2 is 0.609 bits per heavy atom. The average Bonchev–Trinajstić information content (AvgIpc) is 3.13. The van der Waals surface area contributed by atoms with E-state index in [1.54, 1.807) is 0 Å². The van der Waals surface area contributed by atoms with Gasteiger partial charge in [-0.25, -0.2) is 0 Å². The smallest absolute Gasteiger partial charge is 0.00137 e. The van der Waals surface area contributed by atoms with Crippen LogP contribution in [0.1, 0.15) is 0 Å². The van der Waals surface area contributed by atoms with Crippen molar-refractivity contribution in [1.29, 1.82) is 0 Å². The number of benzene rings is 10. The Kier molecular flexibility index (Phi) is 5.38. The quantitative estimate of drug-likeness (QED) is 0.178. The van der Waals surface area contributed by atoms with E-state index >= 15 is 0 Å². The van der Waals surface area contributed by atoms with Crippen molar-refractivity contribution in [2.45, 2.75) is 0 Å². The van der Waals surface area contributed by atoms with Gasteiger partial charge in [-0.05, 0) is 104 Å². The molecule has 0 aromatic heterocycles. The molecule has 0 saturated heterocycles. The van der Waals surface area contributed by atoms with Gasteiger partial charge >= 0.3 is 0 Å². The van der Waals surface area contributed by atoms with Crippen LogP contribution in [0.15, 0.2) is 170 Å². The molecular formula is C46H28. The maximum Gasteiger partial charge on any atom is -0.00137 e. The Morgan fingerprint density at radius 1 is 0.217 bits per heavy atom. The fourth-order valence-corrected chi connectivity index (χ4v) is 8.05. The lowest BCUT2D eigenvalue weighted by Gasteiger charge is -2.17. The number of hydrogen-bond donors (Lipinski definition) is 0. The van der Waals surface area contributed by atoms with Gasteiger partial charge in [0, 0.05) is 0 Å². The summed E-state index contributed by atoms with van der Waals surface area (Å²) in [4.78, 5) is 0. The van der Waals surface area contributed by atoms with Crippen molar-refractivity contribution in [2.75, 3.05) is 0 Å². The van der Waals surface area contributed by atoms with Crippen molar-refractivity contribution in [3.8, 4) is 22.3 Å². The maximum absolute atomic E-state index is 2.45. The first kappa shape index (κ1) is 25.4. The summed E-state index contributed by atoms with van der Waals surface area (Å²) in [5, 5.41) is 18.2. The third-order valence-electron chi connectivity index (χ3n) is 10.0. The molecule has 0 radical (unpaired) electrons. The second kappa shape index (κ2) is 9.76. The van der Waals surface area contributed by atoms with Crippen LogP contribution >= 0.6 is 0 Å². The molecule has 0 aliphatic heterocycles. The van der Waals surface area contributed by atoms with E-state index < -0.39 is 0 Å². The van der Waals surface area contributed by atoms with Gasteiger partial charge in [0.25, 0.3) is 0 Å². The molecule has 0 amide bonds. The van der Waals surface area contributed by atoms with Gasteiger partial charge in [0.1, 0.15) is 0 Å². The van der Waals surface area contributed by atoms with Gasteiger partial charge in [-0.1, -0.05) is 164 Å². The largest absolute Gasteiger partial charge is 0.0616 e. The first-order valence-electron chi connectivity index (χ1n) is 16.0. The standard InChI is InChI=1S/C46H28/c1-2-14-31-29(12-1)13-9-22-33(31)35-25-11-23-34-32(21-10-24-36(34)35)30-26-27-40-39-17-5-7-19-42(39)45-41-18-6-3-15-37(41)38-16-4-8-20-43(38)46(45)44(40)28-30/h1-28H. The second-order valence-electron chi connectivity index (χ2n) is 12.4. The van der Waals surface area contributed by atoms with Gasteiger partial charge in [0.2, 0.25) is 0 Å². The topological polar surface area (TPSA) is 0 Å². The van der Waals surface area contributed by atoms with Crippen LogP contribution in [0.5, 0.6) is 0 Å². The van der Waals surface area contributed by atoms with Gasteiger partial charge in [0.15, 0.2) is 0 Å². The molecule has 0 saturated carbocycles. The highest BCUT2D eigenvalue weighted by atomic mass is 14.2. The Labute approximate surface area is 266 Å². The Hall–Kier alpha value is -5.98. The van der Waals surface area contributed by atoms with Crippen LogP contribution in [-0.4, -0.2) is 0 Å². The minimum atomic E-state index is 1.24. The molecule has 212 valence electrons. The van der Waals surface area contributed by atoms with E-state index in [1.165, 1.54) is 97.7 Å². The highest BCUT2D eigenvalue weighted by Crippen LogP contribution is 2.45. The lowest BCUT2D eigenvalue weighted by atomic mass is 9.85. The van der Waals surface area contributed by atoms with E-state index in [2.05, 4.69) is 170 Å². The number of fused-ring (bicyclic) bond motifs is 13. The van der Waals surface area contributed by atoms with Gasteiger partial charge in [-0.3, -0.25) is 0 Å². The molecule has 0 aliphatic rings. The third-order valence-corrected chi connectivity index (χ3v) is 10.0. The first-order chi connectivity index (χ1) is 22.8. The molecule has 0 bridgehead atoms. The Bertz CT molecular complexity index is 2830. The summed E-state index contributed by atoms with van der Waals surface area (Å²) in [7, 11) is 0. The van der Waals surface area contributed by atoms with Crippen LogP contribution in [0.3, 0.4) is 0 Å². The summed E-state index contributed by atoms with van der Waals surface area (Å²) >= 11 is 0. The van der Waals surface area contributed by atoms with E-state index in [-0.39, 0.29) is 0 Å². The van der Waals surface area contributed by atoms with Crippen LogP contribution in [0.2, 0.25) is 0 Å². The summed E-state index contributed by atoms with van der Waals surface area (Å²) in [6.07, 6.45) is 0. The molecule has 46 heavy (non-hydrogen) atoms. The van der Waals surface area contributed by atoms with Gasteiger partial charge in [-0.2, -0.15) is 0 Å². The molecule has 0 N–H and O–H groups in total. The van der Waals surface area contributed by atoms with Crippen molar-refractivity contribution in [3.05, 3.63) is 170 Å². The fraction of sp³-hybridized carbons (Fsp3) is 0. The molecular weight excluding hydrogens is 553 g/mol. The zero-order valence-corrected chi connectivity index (χ0v) is 25.2. The van der Waals surface area contributed by atoms with Crippen molar-refractivity contribution in [1.82, 2.24) is 0 Å². The molecule has 0 spiro atoms. The SMILES string of the molecule is c1ccc2c(-c3cccc4c(-c5ccc6c7ccccc7c7c8ccccc8c8ccccc8c7c6c5)cccc34)cccc2c1. The minimum absolute atomic E-state index is 1.24. The Morgan fingerprint density at radius 3 is 1.24 bits per heavy atom. The van der Waals surface area contributed by atoms with Crippen LogP contribution in [-0.2, 0) is 0 Å². The van der Waals surface area contributed by atoms with Gasteiger partial charge < -0.3 is 0 Å². The molecule has 10 rings (SSSR count). The van der Waals surface area contributed by atoms with Crippen LogP contribution in [0.4, 0.5) is 0 Å². The van der Waals surface area contributed by atoms with Gasteiger partial charge in [-0.15, -0.1) is 0 Å². The van der Waals surface area contributed by atoms with E-state index in [0.29, 0.717) is 0 Å². The second-order valence-corrected chi connectivity index (χ2v) is 12.4. The molecule has 10 aromatic rings. The lowest BCUT2D eigenvalue weighted by Crippen LogP contribution is -1.90. The summed E-state index contributed by atoms with van der Waals surface area (Å²) in [5.74, 6) is 0. The van der Waals surface area contributed by atoms with E-state index in [0.717, 1.165) is 0 Å². The minimum Gasteiger partial charge on any atom is -0.0616 e. The molecule has 0 aliphatic carbocycles. The molecule has 0 heterocycles. The monoisotopic (exact) mass is 580 g/mol. The van der Waals surface area contributed by atoms with Crippen LogP contribution in [0, 0.1) is 0 Å². The van der Waals surface area contributed by atoms with Crippen molar-refractivity contribution >= 4 is 75.4 Å². The van der Waals surface area contributed by atoms with Crippen LogP contribution < -0.4 is 0 Å². The number of hydrogen-bond acceptors (Lipinski definition) is 0. The van der Waals surface area contributed by atoms with Crippen LogP contribution in [0.25, 0.3) is 97.7 Å². The van der Waals surface area contributed by atoms with E-state index in [1.807, 2.05) is 0 Å². The van der Waals surface area contributed by atoms with Crippen molar-refractivity contribution in [3.63, 3.8) is 0 Å². The zero-order valence-electron chi connectivity index (χ0n) is 25.2. The molecule has 10 aromatic carbocycles.